The normalized spacial score (nSPS) is 20.0. The molecule has 7 heteroatoms. The minimum atomic E-state index is -0.920. The van der Waals surface area contributed by atoms with Crippen molar-refractivity contribution >= 4 is 17.7 Å². The Kier molecular flexibility index (Phi) is 10.4. The van der Waals surface area contributed by atoms with Crippen LogP contribution in [-0.2, 0) is 14.4 Å². The monoisotopic (exact) mass is 472 g/mol. The number of nitrogens with one attached hydrogen (secondary N) is 1. The molecule has 2 aliphatic rings. The summed E-state index contributed by atoms with van der Waals surface area (Å²) in [4.78, 5) is 39.5. The Hall–Kier alpha value is -2.41. The van der Waals surface area contributed by atoms with Crippen molar-refractivity contribution in [3.63, 3.8) is 0 Å². The average Bonchev–Trinajstić information content (AvgIpc) is 2.86. The lowest BCUT2D eigenvalue weighted by Gasteiger charge is -2.33. The third-order valence-corrected chi connectivity index (χ3v) is 7.13. The molecule has 3 rings (SSSR count). The quantitative estimate of drug-likeness (QED) is 0.477. The Bertz CT molecular complexity index is 821. The molecule has 1 aromatic rings. The molecule has 2 aliphatic heterocycles. The third kappa shape index (κ3) is 8.12. The van der Waals surface area contributed by atoms with Crippen molar-refractivity contribution in [2.45, 2.75) is 70.6 Å². The van der Waals surface area contributed by atoms with Crippen LogP contribution >= 0.6 is 0 Å². The number of carbonyl (C=O) groups excluding carboxylic acids is 2. The van der Waals surface area contributed by atoms with E-state index in [4.69, 9.17) is 4.74 Å². The van der Waals surface area contributed by atoms with Crippen LogP contribution in [0.15, 0.2) is 24.3 Å². The van der Waals surface area contributed by atoms with E-state index in [9.17, 15) is 19.5 Å². The highest BCUT2D eigenvalue weighted by Crippen LogP contribution is 2.30. The summed E-state index contributed by atoms with van der Waals surface area (Å²) in [7, 11) is 0. The fourth-order valence-electron chi connectivity index (χ4n) is 5.13. The van der Waals surface area contributed by atoms with Crippen molar-refractivity contribution in [3.05, 3.63) is 29.8 Å². The first-order chi connectivity index (χ1) is 16.5. The van der Waals surface area contributed by atoms with Gasteiger partial charge in [-0.25, -0.2) is 0 Å². The number of hydrogen-bond acceptors (Lipinski definition) is 5. The van der Waals surface area contributed by atoms with Crippen LogP contribution in [0.25, 0.3) is 0 Å². The lowest BCUT2D eigenvalue weighted by atomic mass is 9.84. The SMILES string of the molecule is CCCOc1cccc([C@H](CC(=O)O)CC(=O)[C@@H]2CCCN(C(=O)CCC3CCNCC3)C2)c1. The van der Waals surface area contributed by atoms with E-state index in [-0.39, 0.29) is 30.4 Å². The van der Waals surface area contributed by atoms with Crippen LogP contribution in [0.2, 0.25) is 0 Å². The van der Waals surface area contributed by atoms with Gasteiger partial charge in [-0.15, -0.1) is 0 Å². The highest BCUT2D eigenvalue weighted by Gasteiger charge is 2.31. The topological polar surface area (TPSA) is 95.9 Å². The Morgan fingerprint density at radius 2 is 1.97 bits per heavy atom. The molecule has 7 nitrogen and oxygen atoms in total. The molecule has 2 atom stereocenters. The van der Waals surface area contributed by atoms with Gasteiger partial charge in [-0.2, -0.15) is 0 Å². The van der Waals surface area contributed by atoms with E-state index >= 15 is 0 Å². The van der Waals surface area contributed by atoms with Crippen molar-refractivity contribution in [2.24, 2.45) is 11.8 Å². The van der Waals surface area contributed by atoms with Crippen LogP contribution < -0.4 is 10.1 Å². The number of benzene rings is 1. The number of carboxylic acid groups (broad SMARTS) is 1. The van der Waals surface area contributed by atoms with Gasteiger partial charge in [0.25, 0.3) is 0 Å². The largest absolute Gasteiger partial charge is 0.494 e. The number of hydrogen-bond donors (Lipinski definition) is 2. The minimum Gasteiger partial charge on any atom is -0.494 e. The molecule has 188 valence electrons. The molecule has 0 bridgehead atoms. The van der Waals surface area contributed by atoms with Gasteiger partial charge in [-0.1, -0.05) is 19.1 Å². The number of amides is 1. The standard InChI is InChI=1S/C27H40N2O5/c1-2-15-34-24-7-3-5-21(16-24)23(18-27(32)33)17-25(30)22-6-4-14-29(19-22)26(31)9-8-20-10-12-28-13-11-20/h3,5,7,16,20,22-23,28H,2,4,6,8-15,17-19H2,1H3,(H,32,33)/t22-,23+/m1/s1. The number of Topliss-reactive ketones (excluding diaryl/α,β-unsaturated/α-hetero) is 1. The first-order valence-electron chi connectivity index (χ1n) is 12.9. The van der Waals surface area contributed by atoms with Crippen LogP contribution in [0, 0.1) is 11.8 Å². The molecular weight excluding hydrogens is 432 g/mol. The number of ether oxygens (including phenoxy) is 1. The first kappa shape index (κ1) is 26.2. The Morgan fingerprint density at radius 3 is 2.71 bits per heavy atom. The van der Waals surface area contributed by atoms with E-state index in [1.54, 1.807) is 0 Å². The molecule has 2 N–H and O–H groups in total. The Morgan fingerprint density at radius 1 is 1.18 bits per heavy atom. The van der Waals surface area contributed by atoms with Gasteiger partial charge in [0.15, 0.2) is 0 Å². The summed E-state index contributed by atoms with van der Waals surface area (Å²) >= 11 is 0. The van der Waals surface area contributed by atoms with E-state index in [0.29, 0.717) is 37.8 Å². The van der Waals surface area contributed by atoms with E-state index in [1.807, 2.05) is 36.1 Å². The molecule has 0 radical (unpaired) electrons. The van der Waals surface area contributed by atoms with Crippen molar-refractivity contribution < 1.29 is 24.2 Å². The predicted octanol–water partition coefficient (Wildman–Crippen LogP) is 4.01. The number of ketones is 1. The summed E-state index contributed by atoms with van der Waals surface area (Å²) in [5, 5.41) is 12.8. The van der Waals surface area contributed by atoms with Gasteiger partial charge in [0, 0.05) is 37.8 Å². The maximum absolute atomic E-state index is 13.2. The van der Waals surface area contributed by atoms with Gasteiger partial charge in [-0.3, -0.25) is 14.4 Å². The summed E-state index contributed by atoms with van der Waals surface area (Å²) in [5.74, 6) is -0.0166. The number of carboxylic acids is 1. The third-order valence-electron chi connectivity index (χ3n) is 7.13. The van der Waals surface area contributed by atoms with Crippen molar-refractivity contribution in [1.82, 2.24) is 10.2 Å². The zero-order valence-corrected chi connectivity index (χ0v) is 20.5. The average molecular weight is 473 g/mol. The van der Waals surface area contributed by atoms with Gasteiger partial charge >= 0.3 is 5.97 Å². The van der Waals surface area contributed by atoms with Gasteiger partial charge < -0.3 is 20.1 Å². The highest BCUT2D eigenvalue weighted by molar-refractivity contribution is 5.84. The Labute approximate surface area is 203 Å². The van der Waals surface area contributed by atoms with Crippen LogP contribution in [0.4, 0.5) is 0 Å². The lowest BCUT2D eigenvalue weighted by molar-refractivity contribution is -0.137. The summed E-state index contributed by atoms with van der Waals surface area (Å²) < 4.78 is 5.70. The number of aliphatic carboxylic acids is 1. The summed E-state index contributed by atoms with van der Waals surface area (Å²) in [6.45, 7) is 5.86. The smallest absolute Gasteiger partial charge is 0.303 e. The van der Waals surface area contributed by atoms with Gasteiger partial charge in [0.05, 0.1) is 13.0 Å². The number of nitrogens with zero attached hydrogens (tertiary/aromatic N) is 1. The molecule has 0 saturated carbocycles. The molecule has 0 unspecified atom stereocenters. The maximum atomic E-state index is 13.2. The number of piperidine rings is 2. The van der Waals surface area contributed by atoms with Gasteiger partial charge in [0.2, 0.25) is 5.91 Å². The Balaban J connectivity index is 1.57. The molecule has 2 saturated heterocycles. The molecule has 1 aromatic carbocycles. The number of carbonyl (C=O) groups is 3. The van der Waals surface area contributed by atoms with E-state index in [0.717, 1.165) is 57.2 Å². The summed E-state index contributed by atoms with van der Waals surface area (Å²) in [6.07, 6.45) is 6.27. The van der Waals surface area contributed by atoms with E-state index in [2.05, 4.69) is 5.32 Å². The summed E-state index contributed by atoms with van der Waals surface area (Å²) in [5.41, 5.74) is 0.815. The first-order valence-corrected chi connectivity index (χ1v) is 12.9. The maximum Gasteiger partial charge on any atom is 0.303 e. The lowest BCUT2D eigenvalue weighted by Crippen LogP contribution is -2.42. The fourth-order valence-corrected chi connectivity index (χ4v) is 5.13. The molecular formula is C27H40N2O5. The number of likely N-dealkylation sites (tertiary alicyclic amines) is 1. The zero-order chi connectivity index (χ0) is 24.3. The molecule has 2 fully saturated rings. The van der Waals surface area contributed by atoms with Crippen molar-refractivity contribution in [2.75, 3.05) is 32.8 Å². The summed E-state index contributed by atoms with van der Waals surface area (Å²) in [6, 6.07) is 7.43. The van der Waals surface area contributed by atoms with E-state index < -0.39 is 11.9 Å². The van der Waals surface area contributed by atoms with Gasteiger partial charge in [0.1, 0.15) is 11.5 Å². The molecule has 34 heavy (non-hydrogen) atoms. The van der Waals surface area contributed by atoms with Crippen molar-refractivity contribution in [1.29, 1.82) is 0 Å². The molecule has 0 spiro atoms. The van der Waals surface area contributed by atoms with Gasteiger partial charge in [-0.05, 0) is 75.2 Å². The second-order valence-corrected chi connectivity index (χ2v) is 9.80. The van der Waals surface area contributed by atoms with Crippen LogP contribution in [0.3, 0.4) is 0 Å². The fraction of sp³-hybridized carbons (Fsp3) is 0.667. The van der Waals surface area contributed by atoms with Crippen LogP contribution in [-0.4, -0.2) is 60.5 Å². The number of rotatable bonds is 12. The molecule has 0 aliphatic carbocycles. The predicted molar refractivity (Wildman–Crippen MR) is 131 cm³/mol. The molecule has 1 amide bonds. The van der Waals surface area contributed by atoms with Crippen molar-refractivity contribution in [3.8, 4) is 5.75 Å². The second-order valence-electron chi connectivity index (χ2n) is 9.80. The second kappa shape index (κ2) is 13.5. The van der Waals surface area contributed by atoms with Crippen LogP contribution in [0.5, 0.6) is 5.75 Å². The minimum absolute atomic E-state index is 0.0574. The molecule has 2 heterocycles. The van der Waals surface area contributed by atoms with Crippen LogP contribution in [0.1, 0.15) is 76.2 Å². The highest BCUT2D eigenvalue weighted by atomic mass is 16.5. The van der Waals surface area contributed by atoms with E-state index in [1.165, 1.54) is 0 Å². The molecule has 0 aromatic heterocycles. The zero-order valence-electron chi connectivity index (χ0n) is 20.5.